The van der Waals surface area contributed by atoms with E-state index in [0.717, 1.165) is 0 Å². The van der Waals surface area contributed by atoms with E-state index in [1.165, 1.54) is 16.7 Å². The van der Waals surface area contributed by atoms with Crippen LogP contribution in [0.25, 0.3) is 16.5 Å². The van der Waals surface area contributed by atoms with Crippen molar-refractivity contribution in [2.75, 3.05) is 7.05 Å². The molecule has 0 bridgehead atoms. The Morgan fingerprint density at radius 3 is 2.44 bits per heavy atom. The summed E-state index contributed by atoms with van der Waals surface area (Å²) < 4.78 is 14.4. The van der Waals surface area contributed by atoms with Crippen molar-refractivity contribution < 1.29 is 10.6 Å². The Hall–Kier alpha value is -3.21. The number of pyridine rings is 1. The van der Waals surface area contributed by atoms with Crippen LogP contribution in [0.15, 0.2) is 72.2 Å². The Kier molecular flexibility index (Phi) is 5.84. The Morgan fingerprint density at radius 2 is 1.84 bits per heavy atom. The van der Waals surface area contributed by atoms with Crippen LogP contribution < -0.4 is 10.9 Å². The molecule has 0 aliphatic rings. The lowest BCUT2D eigenvalue weighted by Gasteiger charge is -2.08. The minimum absolute atomic E-state index is 0. The van der Waals surface area contributed by atoms with E-state index in [2.05, 4.69) is 11.9 Å². The third-order valence-corrected chi connectivity index (χ3v) is 3.50. The first kappa shape index (κ1) is 18.1. The summed E-state index contributed by atoms with van der Waals surface area (Å²) in [4.78, 5) is 24.2. The lowest BCUT2D eigenvalue weighted by molar-refractivity contribution is 0.0963. The minimum atomic E-state index is -0.354. The Labute approximate surface area is 146 Å². The molecule has 130 valence electrons. The second kappa shape index (κ2) is 8.06. The van der Waals surface area contributed by atoms with E-state index in [4.69, 9.17) is 0 Å². The maximum Gasteiger partial charge on any atom is 0.262 e. The van der Waals surface area contributed by atoms with Crippen LogP contribution in [0.5, 0.6) is 0 Å². The van der Waals surface area contributed by atoms with Crippen molar-refractivity contribution in [3.63, 3.8) is 0 Å². The Morgan fingerprint density at radius 1 is 1.20 bits per heavy atom. The summed E-state index contributed by atoms with van der Waals surface area (Å²) in [5.74, 6) is -0.558. The van der Waals surface area contributed by atoms with Gasteiger partial charge in [-0.2, -0.15) is 0 Å². The zero-order chi connectivity index (χ0) is 18.4. The third-order valence-electron chi connectivity index (χ3n) is 3.50. The fourth-order valence-electron chi connectivity index (χ4n) is 2.34. The van der Waals surface area contributed by atoms with E-state index in [1.54, 1.807) is 55.7 Å². The number of carbonyl (C=O) groups excluding carboxylic acids is 1. The highest BCUT2D eigenvalue weighted by molar-refractivity contribution is 5.98. The van der Waals surface area contributed by atoms with E-state index >= 15 is 0 Å². The molecule has 1 aromatic heterocycles. The molecule has 1 N–H and O–H groups in total. The normalized spacial score (nSPS) is 9.88. The van der Waals surface area contributed by atoms with Gasteiger partial charge < -0.3 is 5.32 Å². The lowest BCUT2D eigenvalue weighted by atomic mass is 10.1. The topological polar surface area (TPSA) is 51.1 Å². The summed E-state index contributed by atoms with van der Waals surface area (Å²) in [6.07, 6.45) is 3.37. The summed E-state index contributed by atoms with van der Waals surface area (Å²) in [5, 5.41) is 3.73. The lowest BCUT2D eigenvalue weighted by Crippen LogP contribution is -2.19. The number of fused-ring (bicyclic) bond motifs is 1. The Balaban J connectivity index is 0.000000791. The average molecular weight is 340 g/mol. The van der Waals surface area contributed by atoms with Crippen LogP contribution in [-0.4, -0.2) is 17.5 Å². The average Bonchev–Trinajstić information content (AvgIpc) is 2.63. The molecule has 0 spiro atoms. The fraction of sp³-hybridized carbons (Fsp3) is 0.100. The van der Waals surface area contributed by atoms with Crippen LogP contribution in [0.4, 0.5) is 4.39 Å². The molecule has 5 heteroatoms. The summed E-state index contributed by atoms with van der Waals surface area (Å²) in [6, 6.07) is 12.4. The largest absolute Gasteiger partial charge is 0.355 e. The van der Waals surface area contributed by atoms with Gasteiger partial charge in [0.15, 0.2) is 0 Å². The third kappa shape index (κ3) is 4.01. The summed E-state index contributed by atoms with van der Waals surface area (Å²) in [6.45, 7) is 5.25. The quantitative estimate of drug-likeness (QED) is 0.719. The molecule has 0 atom stereocenters. The van der Waals surface area contributed by atoms with Crippen LogP contribution >= 0.6 is 0 Å². The van der Waals surface area contributed by atoms with Gasteiger partial charge in [0.1, 0.15) is 5.82 Å². The number of hydrogen-bond donors (Lipinski definition) is 1. The van der Waals surface area contributed by atoms with Crippen molar-refractivity contribution >= 4 is 16.7 Å². The molecule has 0 unspecified atom stereocenters. The monoisotopic (exact) mass is 340 g/mol. The number of benzene rings is 2. The van der Waals surface area contributed by atoms with Crippen molar-refractivity contribution in [1.82, 2.24) is 9.88 Å². The number of nitrogens with zero attached hydrogens (tertiary/aromatic N) is 1. The molecule has 3 rings (SSSR count). The van der Waals surface area contributed by atoms with E-state index in [1.807, 2.05) is 6.92 Å². The first-order valence-electron chi connectivity index (χ1n) is 7.72. The molecule has 1 heterocycles. The van der Waals surface area contributed by atoms with Crippen LogP contribution in [-0.2, 0) is 0 Å². The molecular weight excluding hydrogens is 319 g/mol. The predicted octanol–water partition coefficient (Wildman–Crippen LogP) is 3.93. The van der Waals surface area contributed by atoms with Gasteiger partial charge in [0, 0.05) is 31.3 Å². The number of hydrogen-bond acceptors (Lipinski definition) is 2. The van der Waals surface area contributed by atoms with Crippen molar-refractivity contribution in [1.29, 1.82) is 0 Å². The maximum absolute atomic E-state index is 13.0. The smallest absolute Gasteiger partial charge is 0.262 e. The van der Waals surface area contributed by atoms with E-state index in [-0.39, 0.29) is 18.7 Å². The van der Waals surface area contributed by atoms with Crippen molar-refractivity contribution in [3.05, 3.63) is 89.1 Å². The number of rotatable bonds is 2. The highest BCUT2D eigenvalue weighted by Gasteiger charge is 2.08. The van der Waals surface area contributed by atoms with Gasteiger partial charge in [-0.1, -0.05) is 6.08 Å². The molecule has 0 radical (unpaired) electrons. The first-order chi connectivity index (χ1) is 12.0. The number of carbonyl (C=O) groups is 1. The number of nitrogens with one attached hydrogen (secondary N) is 1. The van der Waals surface area contributed by atoms with E-state index in [0.29, 0.717) is 22.0 Å². The maximum atomic E-state index is 13.0. The van der Waals surface area contributed by atoms with Gasteiger partial charge in [0.05, 0.1) is 0 Å². The molecular formula is C20H21FN2O2. The second-order valence-electron chi connectivity index (χ2n) is 5.26. The number of amides is 1. The van der Waals surface area contributed by atoms with Gasteiger partial charge in [-0.25, -0.2) is 4.39 Å². The molecule has 0 saturated heterocycles. The zero-order valence-corrected chi connectivity index (χ0v) is 14.1. The van der Waals surface area contributed by atoms with E-state index in [9.17, 15) is 14.0 Å². The molecule has 4 nitrogen and oxygen atoms in total. The summed E-state index contributed by atoms with van der Waals surface area (Å²) in [5.41, 5.74) is 0.866. The summed E-state index contributed by atoms with van der Waals surface area (Å²) in [7, 11) is 1.55. The van der Waals surface area contributed by atoms with Crippen LogP contribution in [0, 0.1) is 5.82 Å². The molecule has 1 amide bonds. The zero-order valence-electron chi connectivity index (χ0n) is 14.1. The van der Waals surface area contributed by atoms with Gasteiger partial charge in [0.2, 0.25) is 0 Å². The number of allylic oxidation sites excluding steroid dienone is 1. The van der Waals surface area contributed by atoms with Gasteiger partial charge in [0.25, 0.3) is 11.5 Å². The second-order valence-corrected chi connectivity index (χ2v) is 5.26. The van der Waals surface area contributed by atoms with Gasteiger partial charge >= 0.3 is 0 Å². The van der Waals surface area contributed by atoms with Crippen LogP contribution in [0.2, 0.25) is 0 Å². The van der Waals surface area contributed by atoms with Gasteiger partial charge in [-0.3, -0.25) is 14.2 Å². The number of aromatic nitrogens is 1. The first-order valence-corrected chi connectivity index (χ1v) is 7.72. The molecule has 0 saturated carbocycles. The molecule has 3 aromatic rings. The minimum Gasteiger partial charge on any atom is -0.355 e. The van der Waals surface area contributed by atoms with Crippen LogP contribution in [0.1, 0.15) is 18.7 Å². The van der Waals surface area contributed by atoms with Crippen molar-refractivity contribution in [3.8, 4) is 5.69 Å². The number of halogens is 1. The molecule has 2 aromatic carbocycles. The molecule has 0 aliphatic carbocycles. The molecule has 25 heavy (non-hydrogen) atoms. The fourth-order valence-corrected chi connectivity index (χ4v) is 2.34. The Bertz CT molecular complexity index is 966. The van der Waals surface area contributed by atoms with Crippen molar-refractivity contribution in [2.24, 2.45) is 0 Å². The molecule has 0 fully saturated rings. The van der Waals surface area contributed by atoms with Gasteiger partial charge in [-0.05, 0) is 60.8 Å². The SMILES string of the molecule is C=CC.CNC(=O)c1ccc2c(=O)n(-c3ccc(F)cc3)ccc2c1.[HH]. The standard InChI is InChI=1S/C17H13FN2O2.C3H6.H2/c1-19-16(21)12-2-7-15-11(10-12)8-9-20(17(15)22)14-5-3-13(18)4-6-14;1-3-2;/h2-10H,1H3,(H,19,21);3H,1H2,2H3;1H. The molecule has 0 aliphatic heterocycles. The van der Waals surface area contributed by atoms with Crippen LogP contribution in [0.3, 0.4) is 0 Å². The highest BCUT2D eigenvalue weighted by Crippen LogP contribution is 2.15. The van der Waals surface area contributed by atoms with Crippen molar-refractivity contribution in [2.45, 2.75) is 6.92 Å². The predicted molar refractivity (Wildman–Crippen MR) is 101 cm³/mol. The highest BCUT2D eigenvalue weighted by atomic mass is 19.1. The summed E-state index contributed by atoms with van der Waals surface area (Å²) >= 11 is 0. The van der Waals surface area contributed by atoms with E-state index < -0.39 is 0 Å². The van der Waals surface area contributed by atoms with Gasteiger partial charge in [-0.15, -0.1) is 6.58 Å².